The van der Waals surface area contributed by atoms with Crippen LogP contribution in [-0.2, 0) is 4.79 Å². The minimum atomic E-state index is 0.159. The average Bonchev–Trinajstić information content (AvgIpc) is 2.18. The van der Waals surface area contributed by atoms with Crippen molar-refractivity contribution in [1.29, 1.82) is 0 Å². The van der Waals surface area contributed by atoms with Crippen molar-refractivity contribution in [3.05, 3.63) is 12.2 Å². The Morgan fingerprint density at radius 3 is 2.79 bits per heavy atom. The van der Waals surface area contributed by atoms with Gasteiger partial charge in [-0.15, -0.1) is 0 Å². The van der Waals surface area contributed by atoms with Crippen LogP contribution < -0.4 is 0 Å². The van der Waals surface area contributed by atoms with Gasteiger partial charge in [0.1, 0.15) is 5.78 Å². The first-order chi connectivity index (χ1) is 6.65. The van der Waals surface area contributed by atoms with E-state index in [0.717, 1.165) is 25.9 Å². The van der Waals surface area contributed by atoms with Gasteiger partial charge in [-0.3, -0.25) is 9.69 Å². The molecule has 0 aliphatic carbocycles. The van der Waals surface area contributed by atoms with Crippen molar-refractivity contribution in [2.75, 3.05) is 13.1 Å². The highest BCUT2D eigenvalue weighted by molar-refractivity contribution is 5.81. The minimum absolute atomic E-state index is 0.159. The molecule has 0 aromatic heterocycles. The third kappa shape index (κ3) is 2.95. The number of Topliss-reactive ketones (excluding diaryl/α,β-unsaturated/α-hetero) is 1. The number of piperidine rings is 1. The first-order valence-corrected chi connectivity index (χ1v) is 5.56. The van der Waals surface area contributed by atoms with Crippen molar-refractivity contribution in [3.8, 4) is 0 Å². The van der Waals surface area contributed by atoms with E-state index in [4.69, 9.17) is 0 Å². The van der Waals surface area contributed by atoms with Gasteiger partial charge < -0.3 is 0 Å². The molecule has 0 amide bonds. The van der Waals surface area contributed by atoms with Crippen molar-refractivity contribution < 1.29 is 4.79 Å². The number of likely N-dealkylation sites (tertiary alicyclic amines) is 1. The molecule has 1 aliphatic rings. The van der Waals surface area contributed by atoms with E-state index in [0.29, 0.717) is 5.78 Å². The summed E-state index contributed by atoms with van der Waals surface area (Å²) in [5.74, 6) is 0.314. The molecule has 1 fully saturated rings. The van der Waals surface area contributed by atoms with Gasteiger partial charge in [-0.25, -0.2) is 0 Å². The number of nitrogens with zero attached hydrogens (tertiary/aromatic N) is 1. The van der Waals surface area contributed by atoms with Crippen LogP contribution in [0.3, 0.4) is 0 Å². The maximum Gasteiger partial charge on any atom is 0.146 e. The predicted molar refractivity (Wildman–Crippen MR) is 59.3 cm³/mol. The molecule has 0 aromatic carbocycles. The second kappa shape index (κ2) is 5.30. The maximum absolute atomic E-state index is 11.4. The van der Waals surface area contributed by atoms with Crippen LogP contribution in [-0.4, -0.2) is 29.8 Å². The Kier molecular flexibility index (Phi) is 4.33. The van der Waals surface area contributed by atoms with Crippen molar-refractivity contribution in [2.24, 2.45) is 0 Å². The molecule has 14 heavy (non-hydrogen) atoms. The van der Waals surface area contributed by atoms with Gasteiger partial charge in [-0.2, -0.15) is 0 Å². The summed E-state index contributed by atoms with van der Waals surface area (Å²) in [6.45, 7) is 9.80. The molecule has 1 heterocycles. The zero-order chi connectivity index (χ0) is 10.6. The maximum atomic E-state index is 11.4. The first-order valence-electron chi connectivity index (χ1n) is 5.56. The Labute approximate surface area is 87.0 Å². The molecule has 0 aromatic rings. The molecule has 2 heteroatoms. The van der Waals surface area contributed by atoms with Crippen LogP contribution in [0.2, 0.25) is 0 Å². The smallest absolute Gasteiger partial charge is 0.146 e. The number of ketones is 1. The summed E-state index contributed by atoms with van der Waals surface area (Å²) in [5.41, 5.74) is 1.23. The highest BCUT2D eigenvalue weighted by Crippen LogP contribution is 2.19. The van der Waals surface area contributed by atoms with Crippen LogP contribution in [0.15, 0.2) is 12.2 Å². The predicted octanol–water partition coefficient (Wildman–Crippen LogP) is 2.40. The monoisotopic (exact) mass is 195 g/mol. The second-order valence-electron chi connectivity index (χ2n) is 4.20. The molecular formula is C12H21NO. The lowest BCUT2D eigenvalue weighted by atomic mass is 9.98. The zero-order valence-electron chi connectivity index (χ0n) is 9.38. The van der Waals surface area contributed by atoms with E-state index in [1.807, 2.05) is 0 Å². The molecule has 1 saturated heterocycles. The molecule has 0 saturated carbocycles. The normalized spacial score (nSPS) is 23.4. The third-order valence-electron chi connectivity index (χ3n) is 3.01. The SMILES string of the molecule is C=C(CC)CN1CCCCC1C(C)=O. The van der Waals surface area contributed by atoms with E-state index >= 15 is 0 Å². The standard InChI is InChI=1S/C12H21NO/c1-4-10(2)9-13-8-6-5-7-12(13)11(3)14/h12H,2,4-9H2,1,3H3. The van der Waals surface area contributed by atoms with Crippen LogP contribution in [0.4, 0.5) is 0 Å². The summed E-state index contributed by atoms with van der Waals surface area (Å²) in [6.07, 6.45) is 4.47. The van der Waals surface area contributed by atoms with E-state index < -0.39 is 0 Å². The average molecular weight is 195 g/mol. The minimum Gasteiger partial charge on any atom is -0.298 e. The van der Waals surface area contributed by atoms with Gasteiger partial charge in [0.25, 0.3) is 0 Å². The van der Waals surface area contributed by atoms with Gasteiger partial charge >= 0.3 is 0 Å². The van der Waals surface area contributed by atoms with E-state index in [1.165, 1.54) is 18.4 Å². The number of carbonyl (C=O) groups excluding carboxylic acids is 1. The summed E-state index contributed by atoms with van der Waals surface area (Å²) in [6, 6.07) is 0.159. The van der Waals surface area contributed by atoms with Gasteiger partial charge in [0.05, 0.1) is 6.04 Å². The van der Waals surface area contributed by atoms with Crippen LogP contribution >= 0.6 is 0 Å². The van der Waals surface area contributed by atoms with Crippen molar-refractivity contribution in [2.45, 2.75) is 45.6 Å². The Hall–Kier alpha value is -0.630. The lowest BCUT2D eigenvalue weighted by Gasteiger charge is -2.34. The molecule has 1 atom stereocenters. The molecule has 1 aliphatic heterocycles. The van der Waals surface area contributed by atoms with E-state index in [-0.39, 0.29) is 6.04 Å². The summed E-state index contributed by atoms with van der Waals surface area (Å²) >= 11 is 0. The Morgan fingerprint density at radius 2 is 2.21 bits per heavy atom. The number of hydrogen-bond acceptors (Lipinski definition) is 2. The number of rotatable bonds is 4. The van der Waals surface area contributed by atoms with Crippen LogP contribution in [0, 0.1) is 0 Å². The fourth-order valence-electron chi connectivity index (χ4n) is 2.04. The first kappa shape index (κ1) is 11.4. The molecular weight excluding hydrogens is 174 g/mol. The lowest BCUT2D eigenvalue weighted by molar-refractivity contribution is -0.123. The van der Waals surface area contributed by atoms with Crippen LogP contribution in [0.25, 0.3) is 0 Å². The second-order valence-corrected chi connectivity index (χ2v) is 4.20. The molecule has 80 valence electrons. The van der Waals surface area contributed by atoms with Crippen LogP contribution in [0.1, 0.15) is 39.5 Å². The lowest BCUT2D eigenvalue weighted by Crippen LogP contribution is -2.44. The van der Waals surface area contributed by atoms with Gasteiger partial charge in [0, 0.05) is 6.54 Å². The van der Waals surface area contributed by atoms with Gasteiger partial charge in [-0.1, -0.05) is 25.5 Å². The van der Waals surface area contributed by atoms with Gasteiger partial charge in [0.15, 0.2) is 0 Å². The van der Waals surface area contributed by atoms with Crippen molar-refractivity contribution in [3.63, 3.8) is 0 Å². The summed E-state index contributed by atoms with van der Waals surface area (Å²) < 4.78 is 0. The molecule has 0 bridgehead atoms. The highest BCUT2D eigenvalue weighted by Gasteiger charge is 2.25. The van der Waals surface area contributed by atoms with Gasteiger partial charge in [-0.05, 0) is 32.7 Å². The Balaban J connectivity index is 2.54. The fourth-order valence-corrected chi connectivity index (χ4v) is 2.04. The van der Waals surface area contributed by atoms with Crippen LogP contribution in [0.5, 0.6) is 0 Å². The Morgan fingerprint density at radius 1 is 1.50 bits per heavy atom. The zero-order valence-corrected chi connectivity index (χ0v) is 9.38. The highest BCUT2D eigenvalue weighted by atomic mass is 16.1. The molecule has 0 radical (unpaired) electrons. The van der Waals surface area contributed by atoms with E-state index in [9.17, 15) is 4.79 Å². The fraction of sp³-hybridized carbons (Fsp3) is 0.750. The quantitative estimate of drug-likeness (QED) is 0.642. The van der Waals surface area contributed by atoms with E-state index in [2.05, 4.69) is 18.4 Å². The molecule has 2 nitrogen and oxygen atoms in total. The Bertz CT molecular complexity index is 222. The molecule has 1 rings (SSSR count). The van der Waals surface area contributed by atoms with Gasteiger partial charge in [0.2, 0.25) is 0 Å². The van der Waals surface area contributed by atoms with Crippen molar-refractivity contribution in [1.82, 2.24) is 4.90 Å². The number of carbonyl (C=O) groups is 1. The van der Waals surface area contributed by atoms with Crippen molar-refractivity contribution >= 4 is 5.78 Å². The summed E-state index contributed by atoms with van der Waals surface area (Å²) in [7, 11) is 0. The molecule has 0 spiro atoms. The molecule has 0 N–H and O–H groups in total. The molecule has 1 unspecified atom stereocenters. The number of hydrogen-bond donors (Lipinski definition) is 0. The van der Waals surface area contributed by atoms with E-state index in [1.54, 1.807) is 6.92 Å². The topological polar surface area (TPSA) is 20.3 Å². The third-order valence-corrected chi connectivity index (χ3v) is 3.01. The summed E-state index contributed by atoms with van der Waals surface area (Å²) in [5, 5.41) is 0. The largest absolute Gasteiger partial charge is 0.298 e. The summed E-state index contributed by atoms with van der Waals surface area (Å²) in [4.78, 5) is 13.7.